The number of nitrogens with zero attached hydrogens (tertiary/aromatic N) is 3. The molecule has 0 aliphatic rings. The summed E-state index contributed by atoms with van der Waals surface area (Å²) in [6.07, 6.45) is 3.88. The van der Waals surface area contributed by atoms with Gasteiger partial charge in [0.25, 0.3) is 0 Å². The third kappa shape index (κ3) is 3.86. The molecule has 28 heavy (non-hydrogen) atoms. The number of aryl methyl sites for hydroxylation is 1. The molecule has 0 spiro atoms. The van der Waals surface area contributed by atoms with E-state index in [0.717, 1.165) is 33.9 Å². The Morgan fingerprint density at radius 1 is 0.929 bits per heavy atom. The molecule has 0 aliphatic carbocycles. The van der Waals surface area contributed by atoms with Crippen molar-refractivity contribution in [2.24, 2.45) is 4.99 Å². The quantitative estimate of drug-likeness (QED) is 0.430. The molecule has 1 heterocycles. The molecule has 0 amide bonds. The standard InChI is InChI=1S/C24H21N3O/c1-18-7-6-8-21(15-18)25-16-20-17-27(22-9-4-3-5-10-22)26-24(20)19-11-13-23(28-2)14-12-19/h3-17H,1-2H3. The van der Waals surface area contributed by atoms with Crippen LogP contribution in [0, 0.1) is 6.92 Å². The summed E-state index contributed by atoms with van der Waals surface area (Å²) in [6, 6.07) is 26.1. The van der Waals surface area contributed by atoms with Gasteiger partial charge in [-0.1, -0.05) is 30.3 Å². The van der Waals surface area contributed by atoms with Crippen molar-refractivity contribution in [1.82, 2.24) is 9.78 Å². The van der Waals surface area contributed by atoms with E-state index in [-0.39, 0.29) is 0 Å². The summed E-state index contributed by atoms with van der Waals surface area (Å²) < 4.78 is 7.16. The van der Waals surface area contributed by atoms with Crippen molar-refractivity contribution in [2.45, 2.75) is 6.92 Å². The fraction of sp³-hybridized carbons (Fsp3) is 0.0833. The number of benzene rings is 3. The van der Waals surface area contributed by atoms with Gasteiger partial charge < -0.3 is 4.74 Å². The fourth-order valence-corrected chi connectivity index (χ4v) is 3.02. The van der Waals surface area contributed by atoms with E-state index in [4.69, 9.17) is 9.84 Å². The summed E-state index contributed by atoms with van der Waals surface area (Å²) in [5.74, 6) is 0.821. The van der Waals surface area contributed by atoms with E-state index in [0.29, 0.717) is 0 Å². The highest BCUT2D eigenvalue weighted by Gasteiger charge is 2.11. The molecule has 3 aromatic carbocycles. The second-order valence-electron chi connectivity index (χ2n) is 6.54. The van der Waals surface area contributed by atoms with Crippen molar-refractivity contribution in [1.29, 1.82) is 0 Å². The van der Waals surface area contributed by atoms with Gasteiger partial charge in [-0.05, 0) is 61.0 Å². The molecular weight excluding hydrogens is 346 g/mol. The Morgan fingerprint density at radius 3 is 2.43 bits per heavy atom. The third-order valence-corrected chi connectivity index (χ3v) is 4.48. The van der Waals surface area contributed by atoms with Gasteiger partial charge in [0.1, 0.15) is 11.4 Å². The molecule has 0 atom stereocenters. The van der Waals surface area contributed by atoms with Gasteiger partial charge in [-0.15, -0.1) is 0 Å². The Labute approximate surface area is 164 Å². The number of methoxy groups -OCH3 is 1. The van der Waals surface area contributed by atoms with Gasteiger partial charge in [0.05, 0.1) is 18.5 Å². The Morgan fingerprint density at radius 2 is 1.71 bits per heavy atom. The molecule has 0 fully saturated rings. The van der Waals surface area contributed by atoms with E-state index >= 15 is 0 Å². The van der Waals surface area contributed by atoms with Gasteiger partial charge in [0.2, 0.25) is 0 Å². The Balaban J connectivity index is 1.77. The van der Waals surface area contributed by atoms with Crippen LogP contribution in [-0.2, 0) is 0 Å². The maximum absolute atomic E-state index is 5.27. The molecule has 4 nitrogen and oxygen atoms in total. The molecule has 1 aromatic heterocycles. The van der Waals surface area contributed by atoms with Crippen LogP contribution in [0.2, 0.25) is 0 Å². The van der Waals surface area contributed by atoms with Crippen LogP contribution < -0.4 is 4.74 Å². The minimum Gasteiger partial charge on any atom is -0.497 e. The summed E-state index contributed by atoms with van der Waals surface area (Å²) in [4.78, 5) is 4.66. The van der Waals surface area contributed by atoms with Crippen molar-refractivity contribution in [3.05, 3.63) is 96.2 Å². The van der Waals surface area contributed by atoms with Crippen LogP contribution in [0.5, 0.6) is 5.75 Å². The minimum atomic E-state index is 0.821. The highest BCUT2D eigenvalue weighted by atomic mass is 16.5. The zero-order valence-electron chi connectivity index (χ0n) is 15.9. The predicted molar refractivity (Wildman–Crippen MR) is 114 cm³/mol. The monoisotopic (exact) mass is 367 g/mol. The second-order valence-corrected chi connectivity index (χ2v) is 6.54. The maximum atomic E-state index is 5.27. The first-order chi connectivity index (χ1) is 13.7. The highest BCUT2D eigenvalue weighted by molar-refractivity contribution is 5.90. The van der Waals surface area contributed by atoms with Gasteiger partial charge in [0.15, 0.2) is 0 Å². The average molecular weight is 367 g/mol. The summed E-state index contributed by atoms with van der Waals surface area (Å²) >= 11 is 0. The summed E-state index contributed by atoms with van der Waals surface area (Å²) in [6.45, 7) is 2.06. The van der Waals surface area contributed by atoms with Crippen LogP contribution in [0.3, 0.4) is 0 Å². The predicted octanol–water partition coefficient (Wildman–Crippen LogP) is 5.61. The summed E-state index contributed by atoms with van der Waals surface area (Å²) in [7, 11) is 1.67. The maximum Gasteiger partial charge on any atom is 0.118 e. The third-order valence-electron chi connectivity index (χ3n) is 4.48. The topological polar surface area (TPSA) is 39.4 Å². The first-order valence-corrected chi connectivity index (χ1v) is 9.13. The average Bonchev–Trinajstić information content (AvgIpc) is 3.17. The molecule has 0 radical (unpaired) electrons. The number of para-hydroxylation sites is 1. The molecule has 0 bridgehead atoms. The molecule has 0 unspecified atom stereocenters. The number of aromatic nitrogens is 2. The van der Waals surface area contributed by atoms with Crippen molar-refractivity contribution in [3.63, 3.8) is 0 Å². The van der Waals surface area contributed by atoms with Crippen LogP contribution in [-0.4, -0.2) is 23.1 Å². The first kappa shape index (κ1) is 17.7. The van der Waals surface area contributed by atoms with Crippen LogP contribution in [0.1, 0.15) is 11.1 Å². The lowest BCUT2D eigenvalue weighted by molar-refractivity contribution is 0.415. The van der Waals surface area contributed by atoms with E-state index in [1.807, 2.05) is 83.8 Å². The number of ether oxygens (including phenoxy) is 1. The lowest BCUT2D eigenvalue weighted by atomic mass is 10.1. The molecule has 0 saturated heterocycles. The van der Waals surface area contributed by atoms with Crippen LogP contribution >= 0.6 is 0 Å². The molecular formula is C24H21N3O. The SMILES string of the molecule is COc1ccc(-c2nn(-c3ccccc3)cc2C=Nc2cccc(C)c2)cc1. The highest BCUT2D eigenvalue weighted by Crippen LogP contribution is 2.25. The minimum absolute atomic E-state index is 0.821. The van der Waals surface area contributed by atoms with Gasteiger partial charge >= 0.3 is 0 Å². The molecule has 0 saturated carbocycles. The smallest absolute Gasteiger partial charge is 0.118 e. The van der Waals surface area contributed by atoms with Crippen molar-refractivity contribution >= 4 is 11.9 Å². The normalized spacial score (nSPS) is 11.1. The van der Waals surface area contributed by atoms with E-state index in [9.17, 15) is 0 Å². The second kappa shape index (κ2) is 7.92. The zero-order valence-corrected chi connectivity index (χ0v) is 15.9. The van der Waals surface area contributed by atoms with E-state index in [2.05, 4.69) is 24.0 Å². The lowest BCUT2D eigenvalue weighted by Crippen LogP contribution is -1.94. The largest absolute Gasteiger partial charge is 0.497 e. The number of aliphatic imine (C=N–C) groups is 1. The molecule has 0 aliphatic heterocycles. The Bertz CT molecular complexity index is 1100. The number of hydrogen-bond acceptors (Lipinski definition) is 3. The Kier molecular flexibility index (Phi) is 5.02. The molecule has 0 N–H and O–H groups in total. The van der Waals surface area contributed by atoms with Gasteiger partial charge in [-0.25, -0.2) is 4.68 Å². The van der Waals surface area contributed by atoms with E-state index in [1.165, 1.54) is 5.56 Å². The molecule has 4 rings (SSSR count). The lowest BCUT2D eigenvalue weighted by Gasteiger charge is -2.02. The summed E-state index contributed by atoms with van der Waals surface area (Å²) in [5.41, 5.74) is 5.96. The summed E-state index contributed by atoms with van der Waals surface area (Å²) in [5, 5.41) is 4.82. The molecule has 4 heteroatoms. The molecule has 138 valence electrons. The van der Waals surface area contributed by atoms with Crippen LogP contribution in [0.15, 0.2) is 90.1 Å². The van der Waals surface area contributed by atoms with Gasteiger partial charge in [-0.2, -0.15) is 5.10 Å². The number of rotatable bonds is 5. The Hall–Kier alpha value is -3.66. The van der Waals surface area contributed by atoms with Gasteiger partial charge in [-0.3, -0.25) is 4.99 Å². The molecule has 4 aromatic rings. The van der Waals surface area contributed by atoms with E-state index in [1.54, 1.807) is 7.11 Å². The first-order valence-electron chi connectivity index (χ1n) is 9.13. The van der Waals surface area contributed by atoms with Crippen molar-refractivity contribution in [2.75, 3.05) is 7.11 Å². The number of hydrogen-bond donors (Lipinski definition) is 0. The van der Waals surface area contributed by atoms with Crippen LogP contribution in [0.4, 0.5) is 5.69 Å². The van der Waals surface area contributed by atoms with E-state index < -0.39 is 0 Å². The van der Waals surface area contributed by atoms with Crippen molar-refractivity contribution in [3.8, 4) is 22.7 Å². The zero-order chi connectivity index (χ0) is 19.3. The van der Waals surface area contributed by atoms with Crippen LogP contribution in [0.25, 0.3) is 16.9 Å². The fourth-order valence-electron chi connectivity index (χ4n) is 3.02. The van der Waals surface area contributed by atoms with Crippen molar-refractivity contribution < 1.29 is 4.74 Å². The van der Waals surface area contributed by atoms with Gasteiger partial charge in [0, 0.05) is 23.5 Å².